The van der Waals surface area contributed by atoms with Gasteiger partial charge in [-0.25, -0.2) is 4.39 Å². The fourth-order valence-electron chi connectivity index (χ4n) is 1.31. The largest absolute Gasteiger partial charge is 0.472 e. The predicted molar refractivity (Wildman–Crippen MR) is 56.3 cm³/mol. The van der Waals surface area contributed by atoms with Crippen LogP contribution in [0.5, 0.6) is 0 Å². The minimum absolute atomic E-state index is 0.163. The third-order valence-corrected chi connectivity index (χ3v) is 2.18. The molecule has 1 N–H and O–H groups in total. The van der Waals surface area contributed by atoms with E-state index in [-0.39, 0.29) is 18.3 Å². The van der Waals surface area contributed by atoms with Crippen LogP contribution in [0.15, 0.2) is 47.3 Å². The lowest BCUT2D eigenvalue weighted by molar-refractivity contribution is 0.0950. The smallest absolute Gasteiger partial charge is 0.254 e. The Bertz CT molecular complexity index is 480. The van der Waals surface area contributed by atoms with Crippen LogP contribution in [0, 0.1) is 5.82 Å². The Balaban J connectivity index is 1.98. The number of rotatable bonds is 3. The molecular formula is C12H10FNO2. The lowest BCUT2D eigenvalue weighted by Crippen LogP contribution is -2.22. The third-order valence-electron chi connectivity index (χ3n) is 2.18. The molecule has 0 aliphatic heterocycles. The second kappa shape index (κ2) is 4.61. The summed E-state index contributed by atoms with van der Waals surface area (Å²) in [6.07, 6.45) is 2.76. The van der Waals surface area contributed by atoms with Crippen LogP contribution in [0.3, 0.4) is 0 Å². The summed E-state index contributed by atoms with van der Waals surface area (Å²) in [5, 5.41) is 2.60. The summed E-state index contributed by atoms with van der Waals surface area (Å²) in [6.45, 7) is 0.163. The van der Waals surface area contributed by atoms with Crippen LogP contribution in [-0.4, -0.2) is 5.91 Å². The van der Waals surface area contributed by atoms with Gasteiger partial charge in [-0.05, 0) is 12.1 Å². The molecule has 0 radical (unpaired) electrons. The van der Waals surface area contributed by atoms with Crippen LogP contribution in [0.2, 0.25) is 0 Å². The molecule has 4 heteroatoms. The zero-order valence-electron chi connectivity index (χ0n) is 8.44. The van der Waals surface area contributed by atoms with Gasteiger partial charge in [0.25, 0.3) is 5.91 Å². The van der Waals surface area contributed by atoms with Crippen LogP contribution < -0.4 is 5.32 Å². The zero-order chi connectivity index (χ0) is 11.4. The van der Waals surface area contributed by atoms with E-state index in [1.165, 1.54) is 18.6 Å². The lowest BCUT2D eigenvalue weighted by Gasteiger charge is -2.04. The van der Waals surface area contributed by atoms with Gasteiger partial charge in [0.1, 0.15) is 12.1 Å². The first-order chi connectivity index (χ1) is 7.77. The lowest BCUT2D eigenvalue weighted by atomic mass is 10.2. The summed E-state index contributed by atoms with van der Waals surface area (Å²) in [4.78, 5) is 11.5. The average Bonchev–Trinajstić information content (AvgIpc) is 2.81. The Labute approximate surface area is 91.9 Å². The van der Waals surface area contributed by atoms with Gasteiger partial charge in [0, 0.05) is 12.1 Å². The van der Waals surface area contributed by atoms with Crippen molar-refractivity contribution in [3.8, 4) is 0 Å². The summed E-state index contributed by atoms with van der Waals surface area (Å²) in [5.41, 5.74) is 0.885. The number of hydrogen-bond donors (Lipinski definition) is 1. The first-order valence-electron chi connectivity index (χ1n) is 4.81. The third kappa shape index (κ3) is 2.28. The standard InChI is InChI=1S/C12H10FNO2/c13-11-4-2-1-3-9(11)7-14-12(15)10-5-6-16-8-10/h1-6,8H,7H2,(H,14,15). The summed E-state index contributed by atoms with van der Waals surface area (Å²) >= 11 is 0. The minimum atomic E-state index is -0.324. The van der Waals surface area contributed by atoms with Gasteiger partial charge in [-0.2, -0.15) is 0 Å². The first-order valence-corrected chi connectivity index (χ1v) is 4.81. The second-order valence-electron chi connectivity index (χ2n) is 3.29. The Morgan fingerprint density at radius 2 is 2.12 bits per heavy atom. The van der Waals surface area contributed by atoms with E-state index >= 15 is 0 Å². The highest BCUT2D eigenvalue weighted by Gasteiger charge is 2.07. The van der Waals surface area contributed by atoms with E-state index in [1.54, 1.807) is 24.3 Å². The Morgan fingerprint density at radius 1 is 1.31 bits per heavy atom. The number of carbonyl (C=O) groups excluding carboxylic acids is 1. The molecule has 1 aromatic heterocycles. The highest BCUT2D eigenvalue weighted by Crippen LogP contribution is 2.06. The SMILES string of the molecule is O=C(NCc1ccccc1F)c1ccoc1. The van der Waals surface area contributed by atoms with E-state index < -0.39 is 0 Å². The normalized spacial score (nSPS) is 10.1. The molecular weight excluding hydrogens is 209 g/mol. The molecule has 0 atom stereocenters. The molecule has 0 unspecified atom stereocenters. The van der Waals surface area contributed by atoms with E-state index in [9.17, 15) is 9.18 Å². The van der Waals surface area contributed by atoms with Crippen molar-refractivity contribution < 1.29 is 13.6 Å². The molecule has 1 aromatic carbocycles. The Kier molecular flexibility index (Phi) is 3.00. The molecule has 1 heterocycles. The predicted octanol–water partition coefficient (Wildman–Crippen LogP) is 2.35. The summed E-state index contributed by atoms with van der Waals surface area (Å²) < 4.78 is 18.0. The fraction of sp³-hybridized carbons (Fsp3) is 0.0833. The van der Waals surface area contributed by atoms with Crippen LogP contribution in [0.25, 0.3) is 0 Å². The molecule has 2 rings (SSSR count). The quantitative estimate of drug-likeness (QED) is 0.860. The van der Waals surface area contributed by atoms with Gasteiger partial charge in [0.2, 0.25) is 0 Å². The van der Waals surface area contributed by atoms with Crippen molar-refractivity contribution in [2.45, 2.75) is 6.54 Å². The molecule has 0 bridgehead atoms. The van der Waals surface area contributed by atoms with E-state index in [4.69, 9.17) is 4.42 Å². The Hall–Kier alpha value is -2.10. The van der Waals surface area contributed by atoms with Gasteiger partial charge in [0.15, 0.2) is 0 Å². The molecule has 0 fully saturated rings. The molecule has 0 aliphatic carbocycles. The molecule has 3 nitrogen and oxygen atoms in total. The number of amides is 1. The second-order valence-corrected chi connectivity index (χ2v) is 3.29. The number of halogens is 1. The molecule has 1 amide bonds. The number of carbonyl (C=O) groups is 1. The fourth-order valence-corrected chi connectivity index (χ4v) is 1.31. The average molecular weight is 219 g/mol. The number of hydrogen-bond acceptors (Lipinski definition) is 2. The topological polar surface area (TPSA) is 42.2 Å². The highest BCUT2D eigenvalue weighted by atomic mass is 19.1. The summed E-state index contributed by atoms with van der Waals surface area (Å²) in [7, 11) is 0. The van der Waals surface area contributed by atoms with Crippen molar-refractivity contribution in [1.29, 1.82) is 0 Å². The monoisotopic (exact) mass is 219 g/mol. The van der Waals surface area contributed by atoms with E-state index in [0.717, 1.165) is 0 Å². The number of benzene rings is 1. The van der Waals surface area contributed by atoms with Crippen molar-refractivity contribution >= 4 is 5.91 Å². The van der Waals surface area contributed by atoms with Gasteiger partial charge in [-0.1, -0.05) is 18.2 Å². The molecule has 16 heavy (non-hydrogen) atoms. The maximum Gasteiger partial charge on any atom is 0.254 e. The molecule has 82 valence electrons. The van der Waals surface area contributed by atoms with Crippen LogP contribution >= 0.6 is 0 Å². The van der Waals surface area contributed by atoms with E-state index in [0.29, 0.717) is 11.1 Å². The van der Waals surface area contributed by atoms with Crippen LogP contribution in [0.4, 0.5) is 4.39 Å². The minimum Gasteiger partial charge on any atom is -0.472 e. The summed E-state index contributed by atoms with van der Waals surface area (Å²) in [6, 6.07) is 7.88. The number of furan rings is 1. The van der Waals surface area contributed by atoms with Crippen molar-refractivity contribution in [2.75, 3.05) is 0 Å². The van der Waals surface area contributed by atoms with Crippen molar-refractivity contribution in [1.82, 2.24) is 5.32 Å². The maximum absolute atomic E-state index is 13.2. The van der Waals surface area contributed by atoms with Gasteiger partial charge in [-0.3, -0.25) is 4.79 Å². The zero-order valence-corrected chi connectivity index (χ0v) is 8.44. The van der Waals surface area contributed by atoms with Gasteiger partial charge < -0.3 is 9.73 Å². The molecule has 0 saturated heterocycles. The molecule has 0 spiro atoms. The highest BCUT2D eigenvalue weighted by molar-refractivity contribution is 5.93. The van der Waals surface area contributed by atoms with Crippen LogP contribution in [-0.2, 0) is 6.54 Å². The Morgan fingerprint density at radius 3 is 2.81 bits per heavy atom. The van der Waals surface area contributed by atoms with Crippen molar-refractivity contribution in [3.63, 3.8) is 0 Å². The van der Waals surface area contributed by atoms with Crippen LogP contribution in [0.1, 0.15) is 15.9 Å². The first kappa shape index (κ1) is 10.4. The summed E-state index contributed by atoms with van der Waals surface area (Å²) in [5.74, 6) is -0.605. The van der Waals surface area contributed by atoms with Gasteiger partial charge in [0.05, 0.1) is 11.8 Å². The van der Waals surface area contributed by atoms with Gasteiger partial charge in [-0.15, -0.1) is 0 Å². The van der Waals surface area contributed by atoms with Crippen molar-refractivity contribution in [2.24, 2.45) is 0 Å². The molecule has 0 aliphatic rings. The molecule has 2 aromatic rings. The van der Waals surface area contributed by atoms with Crippen molar-refractivity contribution in [3.05, 3.63) is 59.8 Å². The van der Waals surface area contributed by atoms with E-state index in [1.807, 2.05) is 0 Å². The molecule has 0 saturated carbocycles. The van der Waals surface area contributed by atoms with Gasteiger partial charge >= 0.3 is 0 Å². The van der Waals surface area contributed by atoms with E-state index in [2.05, 4.69) is 5.32 Å². The maximum atomic E-state index is 13.2. The number of nitrogens with one attached hydrogen (secondary N) is 1.